The van der Waals surface area contributed by atoms with Crippen molar-refractivity contribution in [3.05, 3.63) is 65.2 Å². The summed E-state index contributed by atoms with van der Waals surface area (Å²) in [5.41, 5.74) is 12.7. The molecule has 1 amide bonds. The first-order valence-corrected chi connectivity index (χ1v) is 11.1. The van der Waals surface area contributed by atoms with Crippen LogP contribution in [-0.2, 0) is 16.1 Å². The van der Waals surface area contributed by atoms with E-state index in [1.807, 2.05) is 49.1 Å². The van der Waals surface area contributed by atoms with E-state index in [0.29, 0.717) is 25.8 Å². The summed E-state index contributed by atoms with van der Waals surface area (Å²) in [4.78, 5) is 27.2. The maximum atomic E-state index is 13.4. The zero-order valence-corrected chi connectivity index (χ0v) is 18.4. The molecule has 0 atom stereocenters. The van der Waals surface area contributed by atoms with Crippen LogP contribution < -0.4 is 15.9 Å². The second-order valence-corrected chi connectivity index (χ2v) is 8.33. The van der Waals surface area contributed by atoms with Gasteiger partial charge < -0.3 is 10.3 Å². The SMILES string of the molecule is CCN1NNC2=C1c1ccccc1CN(C(=O)CCCC(=O)C(C)C)c1ccccc12. The summed E-state index contributed by atoms with van der Waals surface area (Å²) in [5, 5.41) is 2.10. The van der Waals surface area contributed by atoms with Gasteiger partial charge in [-0.2, -0.15) is 0 Å². The molecule has 6 nitrogen and oxygen atoms in total. The topological polar surface area (TPSA) is 64.7 Å². The molecule has 2 aromatic rings. The van der Waals surface area contributed by atoms with E-state index < -0.39 is 0 Å². The van der Waals surface area contributed by atoms with Crippen LogP contribution in [0.4, 0.5) is 5.69 Å². The number of hydrogen-bond donors (Lipinski definition) is 2. The Morgan fingerprint density at radius 3 is 2.45 bits per heavy atom. The van der Waals surface area contributed by atoms with Crippen LogP contribution in [0.5, 0.6) is 0 Å². The quantitative estimate of drug-likeness (QED) is 0.740. The van der Waals surface area contributed by atoms with E-state index in [4.69, 9.17) is 0 Å². The lowest BCUT2D eigenvalue weighted by Crippen LogP contribution is -2.37. The number of rotatable bonds is 6. The standard InChI is InChI=1S/C25H30N4O2/c1-4-29-25-19-11-6-5-10-18(19)16-28(23(31)15-9-14-22(30)17(2)3)21-13-8-7-12-20(21)24(25)26-27-29/h5-8,10-13,17,26-27H,4,9,14-16H2,1-3H3. The number of hydrogen-bond acceptors (Lipinski definition) is 5. The summed E-state index contributed by atoms with van der Waals surface area (Å²) >= 11 is 0. The molecular weight excluding hydrogens is 388 g/mol. The van der Waals surface area contributed by atoms with Gasteiger partial charge in [0.15, 0.2) is 0 Å². The fourth-order valence-electron chi connectivity index (χ4n) is 4.21. The first-order chi connectivity index (χ1) is 15.0. The largest absolute Gasteiger partial charge is 0.307 e. The van der Waals surface area contributed by atoms with Crippen LogP contribution >= 0.6 is 0 Å². The van der Waals surface area contributed by atoms with Gasteiger partial charge in [0, 0.05) is 36.4 Å². The number of fused-ring (bicyclic) bond motifs is 4. The molecule has 0 fully saturated rings. The summed E-state index contributed by atoms with van der Waals surface area (Å²) in [6.07, 6.45) is 1.38. The maximum absolute atomic E-state index is 13.4. The van der Waals surface area contributed by atoms with Crippen LogP contribution in [-0.4, -0.2) is 23.2 Å². The molecule has 31 heavy (non-hydrogen) atoms. The molecule has 0 bridgehead atoms. The second kappa shape index (κ2) is 8.94. The minimum Gasteiger partial charge on any atom is -0.307 e. The zero-order valence-electron chi connectivity index (χ0n) is 18.4. The van der Waals surface area contributed by atoms with Crippen molar-refractivity contribution in [2.45, 2.75) is 46.6 Å². The lowest BCUT2D eigenvalue weighted by molar-refractivity contribution is -0.122. The second-order valence-electron chi connectivity index (χ2n) is 8.33. The molecule has 0 aromatic heterocycles. The third-order valence-electron chi connectivity index (χ3n) is 5.96. The monoisotopic (exact) mass is 418 g/mol. The minimum absolute atomic E-state index is 0.0113. The highest BCUT2D eigenvalue weighted by Crippen LogP contribution is 2.39. The predicted octanol–water partition coefficient (Wildman–Crippen LogP) is 4.10. The summed E-state index contributed by atoms with van der Waals surface area (Å²) in [6, 6.07) is 16.3. The van der Waals surface area contributed by atoms with E-state index in [2.05, 4.69) is 41.1 Å². The summed E-state index contributed by atoms with van der Waals surface area (Å²) in [5.74, 6) is 0.264. The molecule has 0 radical (unpaired) electrons. The molecule has 162 valence electrons. The van der Waals surface area contributed by atoms with Crippen molar-refractivity contribution in [1.82, 2.24) is 16.0 Å². The predicted molar refractivity (Wildman–Crippen MR) is 123 cm³/mol. The van der Waals surface area contributed by atoms with Crippen LogP contribution in [0.1, 0.15) is 56.7 Å². The van der Waals surface area contributed by atoms with Crippen molar-refractivity contribution in [1.29, 1.82) is 0 Å². The molecule has 2 heterocycles. The van der Waals surface area contributed by atoms with Gasteiger partial charge in [-0.15, -0.1) is 5.53 Å². The van der Waals surface area contributed by atoms with Gasteiger partial charge in [0.1, 0.15) is 5.78 Å². The average molecular weight is 419 g/mol. The summed E-state index contributed by atoms with van der Waals surface area (Å²) in [6.45, 7) is 7.21. The molecule has 2 aliphatic heterocycles. The van der Waals surface area contributed by atoms with Crippen molar-refractivity contribution in [2.24, 2.45) is 5.92 Å². The molecule has 2 aliphatic rings. The Morgan fingerprint density at radius 1 is 1.00 bits per heavy atom. The number of hydrazine groups is 2. The highest BCUT2D eigenvalue weighted by atomic mass is 16.2. The number of nitrogens with one attached hydrogen (secondary N) is 2. The van der Waals surface area contributed by atoms with Crippen molar-refractivity contribution >= 4 is 28.8 Å². The van der Waals surface area contributed by atoms with Crippen LogP contribution in [0.2, 0.25) is 0 Å². The van der Waals surface area contributed by atoms with Gasteiger partial charge in [0.25, 0.3) is 0 Å². The van der Waals surface area contributed by atoms with Crippen molar-refractivity contribution < 1.29 is 9.59 Å². The number of ketones is 1. The molecule has 0 saturated heterocycles. The Bertz CT molecular complexity index is 1030. The highest BCUT2D eigenvalue weighted by Gasteiger charge is 2.31. The number of Topliss-reactive ketones (excluding diaryl/α,β-unsaturated/α-hetero) is 1. The fraction of sp³-hybridized carbons (Fsp3) is 0.360. The van der Waals surface area contributed by atoms with E-state index in [9.17, 15) is 9.59 Å². The number of anilines is 1. The van der Waals surface area contributed by atoms with Crippen molar-refractivity contribution in [3.8, 4) is 0 Å². The maximum Gasteiger partial charge on any atom is 0.227 e. The Hall–Kier alpha value is -3.12. The van der Waals surface area contributed by atoms with Gasteiger partial charge in [0.05, 0.1) is 23.6 Å². The van der Waals surface area contributed by atoms with Crippen molar-refractivity contribution in [3.63, 3.8) is 0 Å². The van der Waals surface area contributed by atoms with Crippen LogP contribution in [0, 0.1) is 5.92 Å². The Balaban J connectivity index is 1.73. The van der Waals surface area contributed by atoms with Crippen LogP contribution in [0.25, 0.3) is 11.4 Å². The van der Waals surface area contributed by atoms with E-state index in [-0.39, 0.29) is 17.6 Å². The highest BCUT2D eigenvalue weighted by molar-refractivity contribution is 6.02. The molecule has 0 unspecified atom stereocenters. The summed E-state index contributed by atoms with van der Waals surface area (Å²) in [7, 11) is 0. The van der Waals surface area contributed by atoms with Gasteiger partial charge in [0.2, 0.25) is 5.91 Å². The molecule has 2 aromatic carbocycles. The fourth-order valence-corrected chi connectivity index (χ4v) is 4.21. The first-order valence-electron chi connectivity index (χ1n) is 11.1. The average Bonchev–Trinajstić information content (AvgIpc) is 3.19. The molecular formula is C25H30N4O2. The number of benzene rings is 2. The zero-order chi connectivity index (χ0) is 22.0. The number of amides is 1. The molecule has 4 rings (SSSR count). The van der Waals surface area contributed by atoms with Gasteiger partial charge in [-0.25, -0.2) is 0 Å². The van der Waals surface area contributed by atoms with Gasteiger partial charge in [-0.1, -0.05) is 56.3 Å². The third-order valence-corrected chi connectivity index (χ3v) is 5.96. The normalized spacial score (nSPS) is 15.1. The van der Waals surface area contributed by atoms with E-state index in [1.165, 1.54) is 0 Å². The number of para-hydroxylation sites is 1. The van der Waals surface area contributed by atoms with Crippen LogP contribution in [0.3, 0.4) is 0 Å². The summed E-state index contributed by atoms with van der Waals surface area (Å²) < 4.78 is 0. The molecule has 0 aliphatic carbocycles. The van der Waals surface area contributed by atoms with Gasteiger partial charge in [-0.05, 0) is 25.0 Å². The Labute approximate surface area is 183 Å². The van der Waals surface area contributed by atoms with Gasteiger partial charge in [-0.3, -0.25) is 14.6 Å². The van der Waals surface area contributed by atoms with Crippen LogP contribution in [0.15, 0.2) is 48.5 Å². The lowest BCUT2D eigenvalue weighted by atomic mass is 9.95. The Morgan fingerprint density at radius 2 is 1.71 bits per heavy atom. The minimum atomic E-state index is 0.0113. The lowest BCUT2D eigenvalue weighted by Gasteiger charge is -2.30. The molecule has 0 spiro atoms. The van der Waals surface area contributed by atoms with Gasteiger partial charge >= 0.3 is 0 Å². The first kappa shape index (κ1) is 21.1. The molecule has 6 heteroatoms. The van der Waals surface area contributed by atoms with E-state index in [0.717, 1.165) is 40.3 Å². The number of carbonyl (C=O) groups excluding carboxylic acids is 2. The Kier molecular flexibility index (Phi) is 6.09. The van der Waals surface area contributed by atoms with Crippen molar-refractivity contribution in [2.75, 3.05) is 11.4 Å². The van der Waals surface area contributed by atoms with E-state index in [1.54, 1.807) is 0 Å². The molecule has 0 saturated carbocycles. The van der Waals surface area contributed by atoms with E-state index >= 15 is 0 Å². The smallest absolute Gasteiger partial charge is 0.227 e. The number of nitrogens with zero attached hydrogens (tertiary/aromatic N) is 2. The number of carbonyl (C=O) groups is 2. The molecule has 2 N–H and O–H groups in total. The third kappa shape index (κ3) is 4.08.